The van der Waals surface area contributed by atoms with Crippen molar-refractivity contribution in [1.82, 2.24) is 14.5 Å². The number of hydrogen-bond acceptors (Lipinski definition) is 4. The maximum absolute atomic E-state index is 12.0. The van der Waals surface area contributed by atoms with Crippen molar-refractivity contribution in [3.05, 3.63) is 28.9 Å². The summed E-state index contributed by atoms with van der Waals surface area (Å²) >= 11 is 0. The van der Waals surface area contributed by atoms with Crippen LogP contribution >= 0.6 is 0 Å². The molecule has 0 atom stereocenters. The lowest BCUT2D eigenvalue weighted by atomic mass is 10.2. The number of rotatable bonds is 6. The third-order valence-electron chi connectivity index (χ3n) is 2.35. The average molecular weight is 267 g/mol. The zero-order chi connectivity index (χ0) is 14.4. The standard InChI is InChI=1S/C12H17N3O4/c1-9(2)6-15(8-11(17)18)10(16)7-14-5-3-4-13-12(14)19/h3-5,9H,6-8H2,1-2H3,(H,17,18). The van der Waals surface area contributed by atoms with Gasteiger partial charge in [-0.3, -0.25) is 14.2 Å². The van der Waals surface area contributed by atoms with Crippen molar-refractivity contribution in [3.8, 4) is 0 Å². The van der Waals surface area contributed by atoms with Gasteiger partial charge in [0.25, 0.3) is 0 Å². The van der Waals surface area contributed by atoms with E-state index >= 15 is 0 Å². The summed E-state index contributed by atoms with van der Waals surface area (Å²) in [4.78, 5) is 38.9. The topological polar surface area (TPSA) is 92.5 Å². The predicted molar refractivity (Wildman–Crippen MR) is 67.6 cm³/mol. The molecule has 1 N–H and O–H groups in total. The first-order valence-corrected chi connectivity index (χ1v) is 5.91. The van der Waals surface area contributed by atoms with E-state index in [0.29, 0.717) is 6.54 Å². The molecule has 1 rings (SSSR count). The minimum absolute atomic E-state index is 0.147. The molecule has 7 heteroatoms. The van der Waals surface area contributed by atoms with Gasteiger partial charge in [0.1, 0.15) is 13.1 Å². The van der Waals surface area contributed by atoms with Crippen LogP contribution in [0.3, 0.4) is 0 Å². The molecule has 0 saturated carbocycles. The Morgan fingerprint density at radius 2 is 2.16 bits per heavy atom. The van der Waals surface area contributed by atoms with E-state index < -0.39 is 17.6 Å². The minimum Gasteiger partial charge on any atom is -0.480 e. The molecule has 7 nitrogen and oxygen atoms in total. The molecule has 0 aliphatic heterocycles. The summed E-state index contributed by atoms with van der Waals surface area (Å²) in [6, 6.07) is 1.54. The van der Waals surface area contributed by atoms with Crippen LogP contribution in [0.5, 0.6) is 0 Å². The number of carboxylic acids is 1. The van der Waals surface area contributed by atoms with E-state index in [1.165, 1.54) is 17.3 Å². The van der Waals surface area contributed by atoms with E-state index in [1.54, 1.807) is 6.07 Å². The Morgan fingerprint density at radius 3 is 2.68 bits per heavy atom. The van der Waals surface area contributed by atoms with Crippen LogP contribution in [0, 0.1) is 5.92 Å². The van der Waals surface area contributed by atoms with Crippen molar-refractivity contribution >= 4 is 11.9 Å². The number of aromatic nitrogens is 2. The zero-order valence-corrected chi connectivity index (χ0v) is 10.9. The summed E-state index contributed by atoms with van der Waals surface area (Å²) < 4.78 is 1.15. The summed E-state index contributed by atoms with van der Waals surface area (Å²) in [6.07, 6.45) is 2.79. The highest BCUT2D eigenvalue weighted by Gasteiger charge is 2.18. The first kappa shape index (κ1) is 14.9. The Morgan fingerprint density at radius 1 is 1.47 bits per heavy atom. The molecule has 1 aromatic heterocycles. The fourth-order valence-electron chi connectivity index (χ4n) is 1.61. The van der Waals surface area contributed by atoms with Crippen LogP contribution < -0.4 is 5.69 Å². The number of nitrogens with zero attached hydrogens (tertiary/aromatic N) is 3. The van der Waals surface area contributed by atoms with Crippen LogP contribution in [0.15, 0.2) is 23.3 Å². The van der Waals surface area contributed by atoms with Gasteiger partial charge in [0.15, 0.2) is 0 Å². The normalized spacial score (nSPS) is 10.5. The number of hydrogen-bond donors (Lipinski definition) is 1. The molecule has 0 aromatic carbocycles. The highest BCUT2D eigenvalue weighted by Crippen LogP contribution is 2.00. The summed E-state index contributed by atoms with van der Waals surface area (Å²) in [6.45, 7) is 3.54. The molecular weight excluding hydrogens is 250 g/mol. The van der Waals surface area contributed by atoms with Crippen molar-refractivity contribution in [2.24, 2.45) is 5.92 Å². The average Bonchev–Trinajstić information content (AvgIpc) is 2.30. The largest absolute Gasteiger partial charge is 0.480 e. The molecule has 1 heterocycles. The summed E-state index contributed by atoms with van der Waals surface area (Å²) in [5.74, 6) is -1.34. The summed E-state index contributed by atoms with van der Waals surface area (Å²) in [5, 5.41) is 8.79. The SMILES string of the molecule is CC(C)CN(CC(=O)O)C(=O)Cn1cccnc1=O. The molecule has 0 unspecified atom stereocenters. The lowest BCUT2D eigenvalue weighted by Gasteiger charge is -2.22. The first-order chi connectivity index (χ1) is 8.90. The molecule has 104 valence electrons. The Balaban J connectivity index is 2.79. The lowest BCUT2D eigenvalue weighted by Crippen LogP contribution is -2.41. The fourth-order valence-corrected chi connectivity index (χ4v) is 1.61. The van der Waals surface area contributed by atoms with E-state index in [1.807, 2.05) is 13.8 Å². The smallest absolute Gasteiger partial charge is 0.347 e. The van der Waals surface area contributed by atoms with Gasteiger partial charge >= 0.3 is 11.7 Å². The van der Waals surface area contributed by atoms with Gasteiger partial charge in [-0.25, -0.2) is 9.78 Å². The van der Waals surface area contributed by atoms with Gasteiger partial charge in [-0.05, 0) is 12.0 Å². The molecule has 0 radical (unpaired) electrons. The Hall–Kier alpha value is -2.18. The third kappa shape index (κ3) is 4.90. The van der Waals surface area contributed by atoms with Crippen molar-refractivity contribution < 1.29 is 14.7 Å². The number of aliphatic carboxylic acids is 1. The van der Waals surface area contributed by atoms with E-state index in [0.717, 1.165) is 4.57 Å². The second-order valence-electron chi connectivity index (χ2n) is 4.59. The predicted octanol–water partition coefficient (Wildman–Crippen LogP) is -0.188. The molecule has 1 amide bonds. The maximum atomic E-state index is 12.0. The molecule has 19 heavy (non-hydrogen) atoms. The van der Waals surface area contributed by atoms with E-state index in [4.69, 9.17) is 5.11 Å². The molecular formula is C12H17N3O4. The van der Waals surface area contributed by atoms with Crippen LogP contribution in [0.1, 0.15) is 13.8 Å². The number of carbonyl (C=O) groups is 2. The van der Waals surface area contributed by atoms with Crippen LogP contribution in [0.25, 0.3) is 0 Å². The second kappa shape index (κ2) is 6.67. The van der Waals surface area contributed by atoms with Crippen LogP contribution in [-0.2, 0) is 16.1 Å². The third-order valence-corrected chi connectivity index (χ3v) is 2.35. The van der Waals surface area contributed by atoms with Crippen molar-refractivity contribution in [3.63, 3.8) is 0 Å². The Kier molecular flexibility index (Phi) is 5.23. The lowest BCUT2D eigenvalue weighted by molar-refractivity contribution is -0.145. The van der Waals surface area contributed by atoms with Gasteiger partial charge in [-0.2, -0.15) is 0 Å². The minimum atomic E-state index is -1.08. The van der Waals surface area contributed by atoms with Gasteiger partial charge in [0.2, 0.25) is 5.91 Å². The summed E-state index contributed by atoms with van der Waals surface area (Å²) in [7, 11) is 0. The van der Waals surface area contributed by atoms with E-state index in [2.05, 4.69) is 4.98 Å². The van der Waals surface area contributed by atoms with Crippen molar-refractivity contribution in [2.75, 3.05) is 13.1 Å². The molecule has 1 aromatic rings. The van der Waals surface area contributed by atoms with Crippen molar-refractivity contribution in [1.29, 1.82) is 0 Å². The quantitative estimate of drug-likeness (QED) is 0.771. The fraction of sp³-hybridized carbons (Fsp3) is 0.500. The highest BCUT2D eigenvalue weighted by molar-refractivity contribution is 5.81. The molecule has 0 aliphatic rings. The zero-order valence-electron chi connectivity index (χ0n) is 10.9. The molecule has 0 saturated heterocycles. The van der Waals surface area contributed by atoms with Crippen LogP contribution in [0.4, 0.5) is 0 Å². The molecule has 0 fully saturated rings. The van der Waals surface area contributed by atoms with Gasteiger partial charge in [-0.15, -0.1) is 0 Å². The Bertz CT molecular complexity index is 510. The van der Waals surface area contributed by atoms with E-state index in [9.17, 15) is 14.4 Å². The van der Waals surface area contributed by atoms with Gasteiger partial charge in [0, 0.05) is 18.9 Å². The van der Waals surface area contributed by atoms with Gasteiger partial charge in [-0.1, -0.05) is 13.8 Å². The Labute approximate surface area is 110 Å². The summed E-state index contributed by atoms with van der Waals surface area (Å²) in [5.41, 5.74) is -0.532. The molecule has 0 spiro atoms. The number of amides is 1. The second-order valence-corrected chi connectivity index (χ2v) is 4.59. The monoisotopic (exact) mass is 267 g/mol. The van der Waals surface area contributed by atoms with E-state index in [-0.39, 0.29) is 19.0 Å². The van der Waals surface area contributed by atoms with Crippen LogP contribution in [-0.4, -0.2) is 44.5 Å². The first-order valence-electron chi connectivity index (χ1n) is 5.91. The number of carboxylic acid groups (broad SMARTS) is 1. The van der Waals surface area contributed by atoms with Gasteiger partial charge in [0.05, 0.1) is 0 Å². The maximum Gasteiger partial charge on any atom is 0.347 e. The van der Waals surface area contributed by atoms with Crippen LogP contribution in [0.2, 0.25) is 0 Å². The highest BCUT2D eigenvalue weighted by atomic mass is 16.4. The number of carbonyl (C=O) groups excluding carboxylic acids is 1. The van der Waals surface area contributed by atoms with Crippen molar-refractivity contribution in [2.45, 2.75) is 20.4 Å². The van der Waals surface area contributed by atoms with Gasteiger partial charge < -0.3 is 10.0 Å². The molecule has 0 bridgehead atoms. The molecule has 0 aliphatic carbocycles.